The van der Waals surface area contributed by atoms with E-state index in [0.717, 1.165) is 34.6 Å². The predicted octanol–water partition coefficient (Wildman–Crippen LogP) is 4.04. The van der Waals surface area contributed by atoms with Gasteiger partial charge in [0.15, 0.2) is 11.5 Å². The number of para-hydroxylation sites is 1. The molecular formula is C22H19N3O3. The lowest BCUT2D eigenvalue weighted by molar-refractivity contribution is -0.0192. The first-order valence-corrected chi connectivity index (χ1v) is 9.13. The van der Waals surface area contributed by atoms with E-state index in [4.69, 9.17) is 14.6 Å². The zero-order chi connectivity index (χ0) is 19.1. The number of aromatic nitrogens is 1. The van der Waals surface area contributed by atoms with Crippen LogP contribution in [0.2, 0.25) is 0 Å². The minimum Gasteiger partial charge on any atom is -0.504 e. The fourth-order valence-electron chi connectivity index (χ4n) is 3.81. The van der Waals surface area contributed by atoms with E-state index >= 15 is 0 Å². The Kier molecular flexibility index (Phi) is 3.90. The van der Waals surface area contributed by atoms with Crippen molar-refractivity contribution in [2.24, 2.45) is 5.10 Å². The molecule has 0 bridgehead atoms. The number of methoxy groups -OCH3 is 1. The maximum atomic E-state index is 9.90. The molecule has 0 saturated carbocycles. The molecule has 140 valence electrons. The minimum atomic E-state index is -0.342. The van der Waals surface area contributed by atoms with Crippen LogP contribution in [0.15, 0.2) is 72.1 Å². The van der Waals surface area contributed by atoms with Crippen LogP contribution in [0.3, 0.4) is 0 Å². The third-order valence-corrected chi connectivity index (χ3v) is 5.18. The number of hydrazone groups is 1. The van der Waals surface area contributed by atoms with Crippen molar-refractivity contribution in [3.8, 4) is 17.2 Å². The number of pyridine rings is 1. The van der Waals surface area contributed by atoms with Crippen molar-refractivity contribution in [1.82, 2.24) is 9.99 Å². The van der Waals surface area contributed by atoms with Crippen LogP contribution < -0.4 is 9.47 Å². The van der Waals surface area contributed by atoms with Gasteiger partial charge in [-0.15, -0.1) is 0 Å². The molecule has 6 heteroatoms. The van der Waals surface area contributed by atoms with Gasteiger partial charge < -0.3 is 14.6 Å². The average Bonchev–Trinajstić information content (AvgIpc) is 3.20. The lowest BCUT2D eigenvalue weighted by atomic mass is 9.96. The summed E-state index contributed by atoms with van der Waals surface area (Å²) in [5.41, 5.74) is 3.92. The van der Waals surface area contributed by atoms with E-state index in [-0.39, 0.29) is 18.0 Å². The summed E-state index contributed by atoms with van der Waals surface area (Å²) < 4.78 is 11.6. The third-order valence-electron chi connectivity index (χ3n) is 5.18. The van der Waals surface area contributed by atoms with Gasteiger partial charge in [0.1, 0.15) is 5.75 Å². The molecule has 0 spiro atoms. The lowest BCUT2D eigenvalue weighted by Crippen LogP contribution is -2.33. The minimum absolute atomic E-state index is 0.0740. The van der Waals surface area contributed by atoms with Crippen LogP contribution >= 0.6 is 0 Å². The summed E-state index contributed by atoms with van der Waals surface area (Å²) in [7, 11) is 1.54. The van der Waals surface area contributed by atoms with Crippen molar-refractivity contribution in [3.05, 3.63) is 83.7 Å². The average molecular weight is 373 g/mol. The van der Waals surface area contributed by atoms with Crippen molar-refractivity contribution in [1.29, 1.82) is 0 Å². The Morgan fingerprint density at radius 1 is 1.14 bits per heavy atom. The molecule has 2 aliphatic rings. The van der Waals surface area contributed by atoms with Crippen molar-refractivity contribution in [2.45, 2.75) is 18.7 Å². The summed E-state index contributed by atoms with van der Waals surface area (Å²) in [5, 5.41) is 16.8. The van der Waals surface area contributed by atoms with Gasteiger partial charge in [0.2, 0.25) is 6.23 Å². The van der Waals surface area contributed by atoms with Gasteiger partial charge in [0.25, 0.3) is 0 Å². The highest BCUT2D eigenvalue weighted by Crippen LogP contribution is 2.47. The molecule has 2 aliphatic heterocycles. The summed E-state index contributed by atoms with van der Waals surface area (Å²) in [6, 6.07) is 17.4. The molecule has 28 heavy (non-hydrogen) atoms. The van der Waals surface area contributed by atoms with Gasteiger partial charge >= 0.3 is 0 Å². The molecule has 5 rings (SSSR count). The van der Waals surface area contributed by atoms with Crippen LogP contribution in [-0.2, 0) is 0 Å². The van der Waals surface area contributed by atoms with Crippen molar-refractivity contribution in [3.63, 3.8) is 0 Å². The summed E-state index contributed by atoms with van der Waals surface area (Å²) in [6.45, 7) is 0. The molecule has 3 aromatic rings. The lowest BCUT2D eigenvalue weighted by Gasteiger charge is -2.38. The van der Waals surface area contributed by atoms with Gasteiger partial charge in [0, 0.05) is 35.5 Å². The number of phenols is 1. The Morgan fingerprint density at radius 3 is 2.86 bits per heavy atom. The van der Waals surface area contributed by atoms with Gasteiger partial charge in [-0.05, 0) is 30.3 Å². The summed E-state index contributed by atoms with van der Waals surface area (Å²) >= 11 is 0. The van der Waals surface area contributed by atoms with Crippen molar-refractivity contribution in [2.75, 3.05) is 7.11 Å². The summed E-state index contributed by atoms with van der Waals surface area (Å²) in [4.78, 5) is 4.24. The van der Waals surface area contributed by atoms with E-state index in [1.54, 1.807) is 19.4 Å². The van der Waals surface area contributed by atoms with Crippen molar-refractivity contribution >= 4 is 5.71 Å². The molecule has 1 N–H and O–H groups in total. The van der Waals surface area contributed by atoms with E-state index in [1.807, 2.05) is 53.7 Å². The third kappa shape index (κ3) is 2.65. The molecule has 0 aliphatic carbocycles. The first kappa shape index (κ1) is 16.6. The molecule has 1 aromatic heterocycles. The molecule has 2 atom stereocenters. The number of phenolic OH excluding ortho intramolecular Hbond substituents is 1. The maximum absolute atomic E-state index is 9.90. The Bertz CT molecular complexity index is 1050. The number of hydrogen-bond acceptors (Lipinski definition) is 6. The number of nitrogens with zero attached hydrogens (tertiary/aromatic N) is 3. The van der Waals surface area contributed by atoms with Crippen molar-refractivity contribution < 1.29 is 14.6 Å². The molecule has 2 aromatic carbocycles. The van der Waals surface area contributed by atoms with Crippen LogP contribution in [0.25, 0.3) is 0 Å². The van der Waals surface area contributed by atoms with E-state index in [9.17, 15) is 5.11 Å². The molecule has 0 saturated heterocycles. The fraction of sp³-hybridized carbons (Fsp3) is 0.182. The number of hydrogen-bond donors (Lipinski definition) is 1. The number of fused-ring (bicyclic) bond motifs is 3. The highest BCUT2D eigenvalue weighted by Gasteiger charge is 2.40. The number of rotatable bonds is 3. The number of benzene rings is 2. The Balaban J connectivity index is 1.58. The first-order valence-electron chi connectivity index (χ1n) is 9.13. The highest BCUT2D eigenvalue weighted by atomic mass is 16.5. The molecule has 3 heterocycles. The van der Waals surface area contributed by atoms with Gasteiger partial charge in [0.05, 0.1) is 18.9 Å². The Labute approximate surface area is 162 Å². The summed E-state index contributed by atoms with van der Waals surface area (Å²) in [5.74, 6) is 1.42. The van der Waals surface area contributed by atoms with Crippen LogP contribution in [0.4, 0.5) is 0 Å². The zero-order valence-electron chi connectivity index (χ0n) is 15.3. The van der Waals surface area contributed by atoms with Gasteiger partial charge in [-0.2, -0.15) is 5.10 Å². The van der Waals surface area contributed by atoms with E-state index < -0.39 is 0 Å². The zero-order valence-corrected chi connectivity index (χ0v) is 15.3. The SMILES string of the molecule is COc1cc(C2=NN3[C@@H](C2)c2ccccc2O[C@H]3c2cccnc2)ccc1O. The smallest absolute Gasteiger partial charge is 0.215 e. The topological polar surface area (TPSA) is 67.2 Å². The summed E-state index contributed by atoms with van der Waals surface area (Å²) in [6.07, 6.45) is 3.96. The van der Waals surface area contributed by atoms with Crippen LogP contribution in [0, 0.1) is 0 Å². The van der Waals surface area contributed by atoms with E-state index in [0.29, 0.717) is 5.75 Å². The van der Waals surface area contributed by atoms with Crippen LogP contribution in [-0.4, -0.2) is 27.9 Å². The van der Waals surface area contributed by atoms with Gasteiger partial charge in [-0.3, -0.25) is 4.98 Å². The second-order valence-corrected chi connectivity index (χ2v) is 6.83. The first-order chi connectivity index (χ1) is 13.7. The standard InChI is InChI=1S/C22H19N3O3/c1-27-21-11-14(8-9-19(21)26)17-12-18-16-6-2-3-7-20(16)28-22(25(18)24-17)15-5-4-10-23-13-15/h2-11,13,18,22,26H,12H2,1H3/t18-,22-/m0/s1. The van der Waals surface area contributed by atoms with E-state index in [2.05, 4.69) is 11.1 Å². The number of ether oxygens (including phenoxy) is 2. The van der Waals surface area contributed by atoms with Gasteiger partial charge in [-0.25, -0.2) is 5.01 Å². The monoisotopic (exact) mass is 373 g/mol. The normalized spacial score (nSPS) is 20.0. The Hall–Kier alpha value is -3.54. The van der Waals surface area contributed by atoms with Crippen LogP contribution in [0.5, 0.6) is 17.2 Å². The molecule has 0 unspecified atom stereocenters. The largest absolute Gasteiger partial charge is 0.504 e. The van der Waals surface area contributed by atoms with Gasteiger partial charge in [-0.1, -0.05) is 24.3 Å². The molecule has 0 fully saturated rings. The predicted molar refractivity (Wildman–Crippen MR) is 104 cm³/mol. The van der Waals surface area contributed by atoms with E-state index in [1.165, 1.54) is 0 Å². The highest BCUT2D eigenvalue weighted by molar-refractivity contribution is 6.02. The Morgan fingerprint density at radius 2 is 2.04 bits per heavy atom. The maximum Gasteiger partial charge on any atom is 0.215 e. The quantitative estimate of drug-likeness (QED) is 0.751. The molecule has 0 radical (unpaired) electrons. The second kappa shape index (κ2) is 6.56. The molecule has 0 amide bonds. The molecule has 6 nitrogen and oxygen atoms in total. The van der Waals surface area contributed by atoms with Crippen LogP contribution in [0.1, 0.15) is 35.4 Å². The second-order valence-electron chi connectivity index (χ2n) is 6.83. The fourth-order valence-corrected chi connectivity index (χ4v) is 3.81. The molecular weight excluding hydrogens is 354 g/mol. The number of aromatic hydroxyl groups is 1.